The van der Waals surface area contributed by atoms with Gasteiger partial charge in [-0.15, -0.1) is 0 Å². The second-order valence-corrected chi connectivity index (χ2v) is 2.80. The van der Waals surface area contributed by atoms with E-state index in [0.29, 0.717) is 11.7 Å². The van der Waals surface area contributed by atoms with E-state index in [4.69, 9.17) is 0 Å². The molecule has 0 aliphatic heterocycles. The minimum absolute atomic E-state index is 0.398. The Morgan fingerprint density at radius 3 is 1.92 bits per heavy atom. The molecule has 1 heteroatoms. The zero-order valence-electron chi connectivity index (χ0n) is 9.81. The van der Waals surface area contributed by atoms with Gasteiger partial charge in [0.05, 0.1) is 0 Å². The van der Waals surface area contributed by atoms with Crippen molar-refractivity contribution in [3.05, 3.63) is 12.2 Å². The van der Waals surface area contributed by atoms with Crippen LogP contribution in [0, 0.1) is 5.92 Å². The van der Waals surface area contributed by atoms with Crippen LogP contribution in [0.1, 0.15) is 53.9 Å². The van der Waals surface area contributed by atoms with Crippen LogP contribution >= 0.6 is 0 Å². The summed E-state index contributed by atoms with van der Waals surface area (Å²) in [6, 6.07) is 0. The SMILES string of the molecule is C=C1CCC(=O)CC1C.CC.CC. The van der Waals surface area contributed by atoms with Crippen molar-refractivity contribution in [3.63, 3.8) is 0 Å². The molecule has 0 aromatic rings. The third kappa shape index (κ3) is 6.56. The number of ketones is 1. The molecule has 1 saturated carbocycles. The van der Waals surface area contributed by atoms with Crippen LogP contribution < -0.4 is 0 Å². The quantitative estimate of drug-likeness (QED) is 0.520. The van der Waals surface area contributed by atoms with Gasteiger partial charge >= 0.3 is 0 Å². The van der Waals surface area contributed by atoms with Gasteiger partial charge in [-0.3, -0.25) is 4.79 Å². The maximum absolute atomic E-state index is 10.8. The van der Waals surface area contributed by atoms with Crippen LogP contribution in [0.15, 0.2) is 12.2 Å². The van der Waals surface area contributed by atoms with Crippen LogP contribution in [0.3, 0.4) is 0 Å². The average molecular weight is 184 g/mol. The maximum Gasteiger partial charge on any atom is 0.133 e. The Morgan fingerprint density at radius 1 is 1.15 bits per heavy atom. The summed E-state index contributed by atoms with van der Waals surface area (Å²) in [5, 5.41) is 0. The number of Topliss-reactive ketones (excluding diaryl/α,β-unsaturated/α-hetero) is 1. The Hall–Kier alpha value is -0.590. The van der Waals surface area contributed by atoms with E-state index in [2.05, 4.69) is 13.5 Å². The molecule has 1 atom stereocenters. The summed E-state index contributed by atoms with van der Waals surface area (Å²) in [5.74, 6) is 0.834. The van der Waals surface area contributed by atoms with Gasteiger partial charge in [0.1, 0.15) is 5.78 Å². The van der Waals surface area contributed by atoms with Crippen LogP contribution in [0.25, 0.3) is 0 Å². The Kier molecular flexibility index (Phi) is 10.9. The van der Waals surface area contributed by atoms with Crippen molar-refractivity contribution in [1.82, 2.24) is 0 Å². The van der Waals surface area contributed by atoms with Gasteiger partial charge in [0.2, 0.25) is 0 Å². The lowest BCUT2D eigenvalue weighted by Crippen LogP contribution is -2.13. The van der Waals surface area contributed by atoms with Crippen molar-refractivity contribution in [2.45, 2.75) is 53.9 Å². The molecule has 0 aromatic carbocycles. The summed E-state index contributed by atoms with van der Waals surface area (Å²) < 4.78 is 0. The molecular formula is C12H24O. The van der Waals surface area contributed by atoms with Gasteiger partial charge in [0, 0.05) is 12.8 Å². The van der Waals surface area contributed by atoms with Gasteiger partial charge in [-0.1, -0.05) is 46.8 Å². The number of allylic oxidation sites excluding steroid dienone is 1. The van der Waals surface area contributed by atoms with Crippen LogP contribution in [-0.2, 0) is 4.79 Å². The molecule has 1 fully saturated rings. The molecule has 78 valence electrons. The Balaban J connectivity index is 0. The highest BCUT2D eigenvalue weighted by atomic mass is 16.1. The first kappa shape index (κ1) is 14.9. The largest absolute Gasteiger partial charge is 0.300 e. The van der Waals surface area contributed by atoms with E-state index in [-0.39, 0.29) is 0 Å². The summed E-state index contributed by atoms with van der Waals surface area (Å²) in [6.45, 7) is 13.9. The molecule has 0 radical (unpaired) electrons. The molecule has 0 heterocycles. The van der Waals surface area contributed by atoms with E-state index in [9.17, 15) is 4.79 Å². The standard InChI is InChI=1S/C8H12O.2C2H6/c1-6-3-4-8(9)5-7(6)2;2*1-2/h7H,1,3-5H2,2H3;2*1-2H3. The highest BCUT2D eigenvalue weighted by molar-refractivity contribution is 5.80. The van der Waals surface area contributed by atoms with Crippen molar-refractivity contribution < 1.29 is 4.79 Å². The van der Waals surface area contributed by atoms with Gasteiger partial charge in [-0.05, 0) is 12.3 Å². The van der Waals surface area contributed by atoms with Crippen molar-refractivity contribution in [2.24, 2.45) is 5.92 Å². The minimum atomic E-state index is 0.398. The fraction of sp³-hybridized carbons (Fsp3) is 0.750. The zero-order chi connectivity index (χ0) is 10.9. The predicted molar refractivity (Wildman–Crippen MR) is 59.9 cm³/mol. The molecule has 0 saturated heterocycles. The third-order valence-corrected chi connectivity index (χ3v) is 1.96. The first-order valence-corrected chi connectivity index (χ1v) is 5.39. The second-order valence-electron chi connectivity index (χ2n) is 2.80. The zero-order valence-corrected chi connectivity index (χ0v) is 9.81. The molecule has 0 aromatic heterocycles. The summed E-state index contributed by atoms with van der Waals surface area (Å²) >= 11 is 0. The van der Waals surface area contributed by atoms with Crippen LogP contribution in [0.2, 0.25) is 0 Å². The first-order chi connectivity index (χ1) is 6.20. The van der Waals surface area contributed by atoms with Crippen LogP contribution in [0.4, 0.5) is 0 Å². The van der Waals surface area contributed by atoms with Gasteiger partial charge in [0.15, 0.2) is 0 Å². The lowest BCUT2D eigenvalue weighted by molar-refractivity contribution is -0.120. The molecule has 0 spiro atoms. The molecule has 0 amide bonds. The molecule has 1 nitrogen and oxygen atoms in total. The maximum atomic E-state index is 10.8. The number of rotatable bonds is 0. The number of carbonyl (C=O) groups is 1. The molecular weight excluding hydrogens is 160 g/mol. The van der Waals surface area contributed by atoms with Gasteiger partial charge in [0.25, 0.3) is 0 Å². The van der Waals surface area contributed by atoms with E-state index >= 15 is 0 Å². The normalized spacial score (nSPS) is 20.8. The molecule has 0 bridgehead atoms. The second kappa shape index (κ2) is 9.50. The molecule has 1 unspecified atom stereocenters. The summed E-state index contributed by atoms with van der Waals surface area (Å²) in [4.78, 5) is 10.8. The van der Waals surface area contributed by atoms with Gasteiger partial charge in [-0.2, -0.15) is 0 Å². The summed E-state index contributed by atoms with van der Waals surface area (Å²) in [5.41, 5.74) is 1.25. The van der Waals surface area contributed by atoms with Gasteiger partial charge in [-0.25, -0.2) is 0 Å². The van der Waals surface area contributed by atoms with E-state index < -0.39 is 0 Å². The minimum Gasteiger partial charge on any atom is -0.300 e. The van der Waals surface area contributed by atoms with Crippen molar-refractivity contribution in [3.8, 4) is 0 Å². The Morgan fingerprint density at radius 2 is 1.62 bits per heavy atom. The molecule has 1 aliphatic rings. The highest BCUT2D eigenvalue weighted by Gasteiger charge is 2.17. The fourth-order valence-corrected chi connectivity index (χ4v) is 1.13. The smallest absolute Gasteiger partial charge is 0.133 e. The summed E-state index contributed by atoms with van der Waals surface area (Å²) in [7, 11) is 0. The first-order valence-electron chi connectivity index (χ1n) is 5.39. The number of hydrogen-bond donors (Lipinski definition) is 0. The van der Waals surface area contributed by atoms with E-state index in [1.165, 1.54) is 5.57 Å². The average Bonchev–Trinajstić information content (AvgIpc) is 2.18. The molecule has 0 N–H and O–H groups in total. The Labute approximate surface area is 83.2 Å². The lowest BCUT2D eigenvalue weighted by atomic mass is 9.86. The topological polar surface area (TPSA) is 17.1 Å². The number of carbonyl (C=O) groups excluding carboxylic acids is 1. The predicted octanol–water partition coefficient (Wildman–Crippen LogP) is 3.98. The van der Waals surface area contributed by atoms with Crippen molar-refractivity contribution in [1.29, 1.82) is 0 Å². The third-order valence-electron chi connectivity index (χ3n) is 1.96. The fourth-order valence-electron chi connectivity index (χ4n) is 1.13. The van der Waals surface area contributed by atoms with Crippen LogP contribution in [-0.4, -0.2) is 5.78 Å². The highest BCUT2D eigenvalue weighted by Crippen LogP contribution is 2.24. The molecule has 1 aliphatic carbocycles. The van der Waals surface area contributed by atoms with Crippen LogP contribution in [0.5, 0.6) is 0 Å². The molecule has 13 heavy (non-hydrogen) atoms. The summed E-state index contributed by atoms with van der Waals surface area (Å²) in [6.07, 6.45) is 2.36. The number of hydrogen-bond acceptors (Lipinski definition) is 1. The van der Waals surface area contributed by atoms with E-state index in [0.717, 1.165) is 19.3 Å². The van der Waals surface area contributed by atoms with E-state index in [1.807, 2.05) is 27.7 Å². The Bertz CT molecular complexity index is 147. The lowest BCUT2D eigenvalue weighted by Gasteiger charge is -2.18. The van der Waals surface area contributed by atoms with Crippen molar-refractivity contribution >= 4 is 5.78 Å². The monoisotopic (exact) mass is 184 g/mol. The van der Waals surface area contributed by atoms with Gasteiger partial charge < -0.3 is 0 Å². The molecule has 1 rings (SSSR count). The van der Waals surface area contributed by atoms with Crippen molar-refractivity contribution in [2.75, 3.05) is 0 Å². The van der Waals surface area contributed by atoms with E-state index in [1.54, 1.807) is 0 Å².